The molecule has 0 bridgehead atoms. The molecule has 224 valence electrons. The largest absolute Gasteiger partial charge is 0.495 e. The summed E-state index contributed by atoms with van der Waals surface area (Å²) in [5.74, 6) is 1.60. The second-order valence-corrected chi connectivity index (χ2v) is 10.9. The number of nitrogens with one attached hydrogen (secondary N) is 2. The summed E-state index contributed by atoms with van der Waals surface area (Å²) in [6.45, 7) is 13.4. The van der Waals surface area contributed by atoms with Gasteiger partial charge in [-0.05, 0) is 58.2 Å². The van der Waals surface area contributed by atoms with E-state index in [1.165, 1.54) is 5.56 Å². The monoisotopic (exact) mass is 570 g/mol. The molecule has 0 aromatic heterocycles. The molecule has 1 aliphatic heterocycles. The van der Waals surface area contributed by atoms with Gasteiger partial charge in [-0.1, -0.05) is 84.0 Å². The van der Waals surface area contributed by atoms with Crippen molar-refractivity contribution in [2.45, 2.75) is 53.4 Å². The Bertz CT molecular complexity index is 1450. The number of amides is 1. The number of likely N-dealkylation sites (N-methyl/N-ethyl adjacent to an activating group) is 1. The Morgan fingerprint density at radius 2 is 1.76 bits per heavy atom. The SMILES string of the molecule is CC.CC/C=C(\Nc1cc(C(C)(C)C)ccc1OC)Nc1ccc(C2=C/CN(C)C(=O)COC/N=C\2)c2ccccc12. The molecule has 0 saturated heterocycles. The quantitative estimate of drug-likeness (QED) is 0.303. The van der Waals surface area contributed by atoms with Crippen LogP contribution in [0.5, 0.6) is 5.75 Å². The zero-order valence-electron chi connectivity index (χ0n) is 26.4. The number of carbonyl (C=O) groups is 1. The molecule has 1 heterocycles. The first kappa shape index (κ1) is 32.4. The van der Waals surface area contributed by atoms with Crippen molar-refractivity contribution in [2.75, 3.05) is 44.7 Å². The molecule has 1 amide bonds. The van der Waals surface area contributed by atoms with Crippen molar-refractivity contribution in [3.8, 4) is 5.75 Å². The lowest BCUT2D eigenvalue weighted by atomic mass is 9.87. The van der Waals surface area contributed by atoms with Crippen molar-refractivity contribution in [1.82, 2.24) is 4.90 Å². The average molecular weight is 571 g/mol. The van der Waals surface area contributed by atoms with E-state index < -0.39 is 0 Å². The highest BCUT2D eigenvalue weighted by Gasteiger charge is 2.17. The van der Waals surface area contributed by atoms with Crippen LogP contribution in [0.3, 0.4) is 0 Å². The van der Waals surface area contributed by atoms with Crippen LogP contribution in [-0.4, -0.2) is 51.1 Å². The second-order valence-electron chi connectivity index (χ2n) is 10.9. The highest BCUT2D eigenvalue weighted by atomic mass is 16.5. The molecule has 7 heteroatoms. The molecule has 0 atom stereocenters. The van der Waals surface area contributed by atoms with Crippen molar-refractivity contribution < 1.29 is 14.3 Å². The number of ether oxygens (including phenoxy) is 2. The molecule has 42 heavy (non-hydrogen) atoms. The van der Waals surface area contributed by atoms with Crippen molar-refractivity contribution in [1.29, 1.82) is 0 Å². The van der Waals surface area contributed by atoms with Crippen molar-refractivity contribution in [3.63, 3.8) is 0 Å². The molecule has 0 aliphatic carbocycles. The van der Waals surface area contributed by atoms with Gasteiger partial charge in [-0.25, -0.2) is 0 Å². The maximum absolute atomic E-state index is 12.2. The van der Waals surface area contributed by atoms with Gasteiger partial charge in [-0.3, -0.25) is 9.79 Å². The fourth-order valence-electron chi connectivity index (χ4n) is 4.56. The number of aliphatic imine (C=N–C) groups is 1. The summed E-state index contributed by atoms with van der Waals surface area (Å²) < 4.78 is 11.1. The van der Waals surface area contributed by atoms with Gasteiger partial charge in [-0.15, -0.1) is 0 Å². The third kappa shape index (κ3) is 8.23. The summed E-state index contributed by atoms with van der Waals surface area (Å²) in [6.07, 6.45) is 6.86. The van der Waals surface area contributed by atoms with Gasteiger partial charge in [0.2, 0.25) is 5.91 Å². The maximum atomic E-state index is 12.2. The number of hydrogen-bond donors (Lipinski definition) is 2. The number of rotatable bonds is 7. The summed E-state index contributed by atoms with van der Waals surface area (Å²) in [5.41, 5.74) is 5.11. The van der Waals surface area contributed by atoms with Crippen LogP contribution in [0.4, 0.5) is 11.4 Å². The minimum absolute atomic E-state index is 0.0121. The molecular weight excluding hydrogens is 524 g/mol. The summed E-state index contributed by atoms with van der Waals surface area (Å²) in [6, 6.07) is 18.8. The molecule has 7 nitrogen and oxygen atoms in total. The van der Waals surface area contributed by atoms with Crippen molar-refractivity contribution in [3.05, 3.63) is 83.7 Å². The Labute approximate surface area is 251 Å². The van der Waals surface area contributed by atoms with E-state index in [-0.39, 0.29) is 24.7 Å². The lowest BCUT2D eigenvalue weighted by molar-refractivity contribution is -0.134. The van der Waals surface area contributed by atoms with Crippen LogP contribution >= 0.6 is 0 Å². The predicted octanol–water partition coefficient (Wildman–Crippen LogP) is 7.85. The van der Waals surface area contributed by atoms with Crippen LogP contribution in [-0.2, 0) is 14.9 Å². The number of methoxy groups -OCH3 is 1. The summed E-state index contributed by atoms with van der Waals surface area (Å²) in [7, 11) is 3.47. The summed E-state index contributed by atoms with van der Waals surface area (Å²) in [4.78, 5) is 18.3. The lowest BCUT2D eigenvalue weighted by Gasteiger charge is -2.23. The minimum atomic E-state index is -0.0653. The van der Waals surface area contributed by atoms with Crippen LogP contribution in [0.15, 0.2) is 77.6 Å². The van der Waals surface area contributed by atoms with E-state index in [1.807, 2.05) is 44.3 Å². The van der Waals surface area contributed by atoms with Gasteiger partial charge in [0.1, 0.15) is 24.9 Å². The van der Waals surface area contributed by atoms with Gasteiger partial charge < -0.3 is 25.0 Å². The van der Waals surface area contributed by atoms with E-state index >= 15 is 0 Å². The molecule has 0 saturated carbocycles. The zero-order valence-corrected chi connectivity index (χ0v) is 26.4. The van der Waals surface area contributed by atoms with Crippen LogP contribution in [0, 0.1) is 0 Å². The van der Waals surface area contributed by atoms with Gasteiger partial charge in [-0.2, -0.15) is 0 Å². The van der Waals surface area contributed by atoms with Gasteiger partial charge in [0.05, 0.1) is 12.8 Å². The van der Waals surface area contributed by atoms with E-state index in [0.717, 1.165) is 51.3 Å². The average Bonchev–Trinajstić information content (AvgIpc) is 2.99. The summed E-state index contributed by atoms with van der Waals surface area (Å²) >= 11 is 0. The van der Waals surface area contributed by atoms with Crippen LogP contribution in [0.1, 0.15) is 59.1 Å². The molecule has 0 fully saturated rings. The lowest BCUT2D eigenvalue weighted by Crippen LogP contribution is -2.31. The smallest absolute Gasteiger partial charge is 0.248 e. The highest BCUT2D eigenvalue weighted by Crippen LogP contribution is 2.34. The molecule has 0 spiro atoms. The third-order valence-corrected chi connectivity index (χ3v) is 6.88. The Morgan fingerprint density at radius 1 is 1.05 bits per heavy atom. The fraction of sp³-hybridized carbons (Fsp3) is 0.371. The first-order valence-electron chi connectivity index (χ1n) is 14.7. The van der Waals surface area contributed by atoms with Crippen LogP contribution in [0.25, 0.3) is 16.3 Å². The fourth-order valence-corrected chi connectivity index (χ4v) is 4.56. The molecular formula is C35H46N4O3. The van der Waals surface area contributed by atoms with Gasteiger partial charge in [0.15, 0.2) is 0 Å². The highest BCUT2D eigenvalue weighted by molar-refractivity contribution is 6.16. The maximum Gasteiger partial charge on any atom is 0.248 e. The van der Waals surface area contributed by atoms with Gasteiger partial charge in [0.25, 0.3) is 0 Å². The zero-order chi connectivity index (χ0) is 30.7. The molecule has 4 rings (SSSR count). The van der Waals surface area contributed by atoms with E-state index in [4.69, 9.17) is 9.47 Å². The predicted molar refractivity (Wildman–Crippen MR) is 178 cm³/mol. The van der Waals surface area contributed by atoms with Crippen LogP contribution < -0.4 is 15.4 Å². The topological polar surface area (TPSA) is 75.2 Å². The Balaban J connectivity index is 0.00000237. The number of fused-ring (bicyclic) bond motifs is 1. The molecule has 0 radical (unpaired) electrons. The number of carbonyl (C=O) groups excluding carboxylic acids is 1. The second kappa shape index (κ2) is 15.2. The van der Waals surface area contributed by atoms with Gasteiger partial charge in [0, 0.05) is 30.9 Å². The number of allylic oxidation sites excluding steroid dienone is 2. The van der Waals surface area contributed by atoms with E-state index in [1.54, 1.807) is 19.1 Å². The minimum Gasteiger partial charge on any atom is -0.495 e. The normalized spacial score (nSPS) is 16.6. The molecule has 0 unspecified atom stereocenters. The number of hydrogen-bond acceptors (Lipinski definition) is 6. The Hall–Kier alpha value is -4.10. The standard InChI is InChI=1S/C33H40N4O3.C2H6/c1-7-10-31(36-29-19-24(33(2,3)4)13-16-30(29)39-6)35-28-15-14-25(26-11-8-9-12-27(26)28)23-17-18-37(5)32(38)21-40-22-34-20-23;1-2/h8-17,19-20,35-36H,7,18,21-22H2,1-6H3;1-2H3/b23-17+,31-10-,34-20-;. The number of nitrogens with zero attached hydrogens (tertiary/aromatic N) is 2. The molecule has 3 aromatic carbocycles. The van der Waals surface area contributed by atoms with Gasteiger partial charge >= 0.3 is 0 Å². The van der Waals surface area contributed by atoms with E-state index in [2.05, 4.69) is 85.8 Å². The van der Waals surface area contributed by atoms with E-state index in [9.17, 15) is 4.79 Å². The molecule has 3 aromatic rings. The van der Waals surface area contributed by atoms with Crippen LogP contribution in [0.2, 0.25) is 0 Å². The Kier molecular flexibility index (Phi) is 11.7. The number of anilines is 2. The number of benzene rings is 3. The molecule has 2 N–H and O–H groups in total. The van der Waals surface area contributed by atoms with Crippen molar-refractivity contribution in [2.24, 2.45) is 4.99 Å². The first-order chi connectivity index (χ1) is 20.2. The Morgan fingerprint density at radius 3 is 2.45 bits per heavy atom. The summed E-state index contributed by atoms with van der Waals surface area (Å²) in [5, 5.41) is 9.37. The first-order valence-corrected chi connectivity index (χ1v) is 14.7. The molecule has 1 aliphatic rings. The van der Waals surface area contributed by atoms with E-state index in [0.29, 0.717) is 6.54 Å². The third-order valence-electron chi connectivity index (χ3n) is 6.88. The van der Waals surface area contributed by atoms with Crippen molar-refractivity contribution >= 4 is 39.8 Å².